The van der Waals surface area contributed by atoms with Gasteiger partial charge in [0.1, 0.15) is 6.54 Å². The number of nitrogens with two attached hydrogens (primary N) is 1. The van der Waals surface area contributed by atoms with E-state index >= 15 is 0 Å². The minimum Gasteiger partial charge on any atom is -0.399 e. The highest BCUT2D eigenvalue weighted by atomic mass is 127. The van der Waals surface area contributed by atoms with Crippen LogP contribution in [0.4, 0.5) is 11.4 Å². The molecule has 5 nitrogen and oxygen atoms in total. The maximum absolute atomic E-state index is 11.8. The van der Waals surface area contributed by atoms with Crippen LogP contribution < -0.4 is 11.1 Å². The van der Waals surface area contributed by atoms with Crippen molar-refractivity contribution in [2.75, 3.05) is 11.1 Å². The van der Waals surface area contributed by atoms with Gasteiger partial charge in [-0.1, -0.05) is 11.6 Å². The molecule has 1 aromatic heterocycles. The molecular weight excluding hydrogens is 367 g/mol. The molecule has 0 fully saturated rings. The van der Waals surface area contributed by atoms with E-state index in [2.05, 4.69) is 33.0 Å². The van der Waals surface area contributed by atoms with Crippen LogP contribution in [-0.2, 0) is 11.3 Å². The summed E-state index contributed by atoms with van der Waals surface area (Å²) in [6.45, 7) is 0.133. The molecule has 0 aliphatic heterocycles. The van der Waals surface area contributed by atoms with Crippen molar-refractivity contribution in [3.63, 3.8) is 0 Å². The molecule has 1 heterocycles. The highest BCUT2D eigenvalue weighted by Gasteiger charge is 2.07. The number of aromatic nitrogens is 2. The van der Waals surface area contributed by atoms with Gasteiger partial charge in [0.15, 0.2) is 0 Å². The van der Waals surface area contributed by atoms with Crippen molar-refractivity contribution in [2.45, 2.75) is 6.54 Å². The van der Waals surface area contributed by atoms with Gasteiger partial charge in [-0.3, -0.25) is 9.48 Å². The molecule has 0 radical (unpaired) electrons. The van der Waals surface area contributed by atoms with E-state index in [1.165, 1.54) is 0 Å². The summed E-state index contributed by atoms with van der Waals surface area (Å²) in [5, 5.41) is 7.17. The Morgan fingerprint density at radius 1 is 1.56 bits per heavy atom. The van der Waals surface area contributed by atoms with Gasteiger partial charge in [-0.15, -0.1) is 0 Å². The number of benzene rings is 1. The van der Waals surface area contributed by atoms with E-state index in [1.54, 1.807) is 35.3 Å². The Morgan fingerprint density at radius 2 is 2.33 bits per heavy atom. The molecule has 0 unspecified atom stereocenters. The molecular formula is C11H10ClIN4O. The average Bonchev–Trinajstić information content (AvgIpc) is 2.69. The summed E-state index contributed by atoms with van der Waals surface area (Å²) >= 11 is 8.08. The minimum absolute atomic E-state index is 0.133. The number of hydrogen-bond donors (Lipinski definition) is 2. The van der Waals surface area contributed by atoms with E-state index in [1.807, 2.05) is 0 Å². The number of nitrogens with zero attached hydrogens (tertiary/aromatic N) is 2. The molecule has 94 valence electrons. The van der Waals surface area contributed by atoms with E-state index in [4.69, 9.17) is 17.3 Å². The van der Waals surface area contributed by atoms with Crippen LogP contribution in [0.1, 0.15) is 0 Å². The molecule has 18 heavy (non-hydrogen) atoms. The van der Waals surface area contributed by atoms with Gasteiger partial charge in [-0.2, -0.15) is 5.10 Å². The smallest absolute Gasteiger partial charge is 0.246 e. The first kappa shape index (κ1) is 13.2. The molecule has 0 spiro atoms. The lowest BCUT2D eigenvalue weighted by Gasteiger charge is -2.08. The summed E-state index contributed by atoms with van der Waals surface area (Å²) in [5.74, 6) is -0.206. The molecule has 2 aromatic rings. The number of amides is 1. The fraction of sp³-hybridized carbons (Fsp3) is 0.0909. The molecule has 0 aliphatic carbocycles. The summed E-state index contributed by atoms with van der Waals surface area (Å²) in [7, 11) is 0. The van der Waals surface area contributed by atoms with Crippen LogP contribution in [0.5, 0.6) is 0 Å². The van der Waals surface area contributed by atoms with E-state index in [-0.39, 0.29) is 12.5 Å². The Bertz CT molecular complexity index is 584. The number of nitrogens with one attached hydrogen (secondary N) is 1. The van der Waals surface area contributed by atoms with Gasteiger partial charge in [-0.25, -0.2) is 0 Å². The number of carbonyl (C=O) groups is 1. The maximum Gasteiger partial charge on any atom is 0.246 e. The van der Waals surface area contributed by atoms with Gasteiger partial charge in [0.05, 0.1) is 20.5 Å². The van der Waals surface area contributed by atoms with Gasteiger partial charge in [0.2, 0.25) is 5.91 Å². The van der Waals surface area contributed by atoms with Crippen molar-refractivity contribution < 1.29 is 4.79 Å². The highest BCUT2D eigenvalue weighted by Crippen LogP contribution is 2.23. The first-order chi connectivity index (χ1) is 8.54. The van der Waals surface area contributed by atoms with Crippen LogP contribution in [0.25, 0.3) is 0 Å². The van der Waals surface area contributed by atoms with Crippen LogP contribution in [0.3, 0.4) is 0 Å². The zero-order valence-corrected chi connectivity index (χ0v) is 12.1. The van der Waals surface area contributed by atoms with Crippen LogP contribution in [-0.4, -0.2) is 15.7 Å². The topological polar surface area (TPSA) is 72.9 Å². The van der Waals surface area contributed by atoms with Crippen molar-refractivity contribution in [1.29, 1.82) is 0 Å². The van der Waals surface area contributed by atoms with Gasteiger partial charge >= 0.3 is 0 Å². The molecule has 0 bridgehead atoms. The normalized spacial score (nSPS) is 10.3. The number of hydrogen-bond acceptors (Lipinski definition) is 3. The third kappa shape index (κ3) is 3.36. The number of rotatable bonds is 3. The first-order valence-electron chi connectivity index (χ1n) is 5.07. The summed E-state index contributed by atoms with van der Waals surface area (Å²) in [6.07, 6.45) is 3.46. The summed E-state index contributed by atoms with van der Waals surface area (Å²) < 4.78 is 2.53. The Balaban J connectivity index is 2.05. The maximum atomic E-state index is 11.8. The van der Waals surface area contributed by atoms with E-state index < -0.39 is 0 Å². The van der Waals surface area contributed by atoms with Gasteiger partial charge < -0.3 is 11.1 Å². The number of anilines is 2. The molecule has 0 saturated carbocycles. The molecule has 3 N–H and O–H groups in total. The third-order valence-electron chi connectivity index (χ3n) is 2.17. The van der Waals surface area contributed by atoms with E-state index in [0.717, 1.165) is 3.57 Å². The standard InChI is InChI=1S/C11H10ClIN4O/c12-9-2-1-8(14)3-10(9)16-11(18)6-17-5-7(13)4-15-17/h1-5H,6,14H2,(H,16,18). The second-order valence-electron chi connectivity index (χ2n) is 3.64. The molecule has 2 rings (SSSR count). The van der Waals surface area contributed by atoms with Crippen LogP contribution >= 0.6 is 34.2 Å². The third-order valence-corrected chi connectivity index (χ3v) is 3.06. The van der Waals surface area contributed by atoms with Crippen molar-refractivity contribution in [1.82, 2.24) is 9.78 Å². The monoisotopic (exact) mass is 376 g/mol. The molecule has 0 saturated heterocycles. The van der Waals surface area contributed by atoms with Crippen molar-refractivity contribution in [3.8, 4) is 0 Å². The van der Waals surface area contributed by atoms with E-state index in [9.17, 15) is 4.79 Å². The Labute approximate surface area is 122 Å². The van der Waals surface area contributed by atoms with Crippen molar-refractivity contribution >= 4 is 51.5 Å². The van der Waals surface area contributed by atoms with Gasteiger partial charge in [0.25, 0.3) is 0 Å². The minimum atomic E-state index is -0.206. The number of carbonyl (C=O) groups excluding carboxylic acids is 1. The predicted molar refractivity (Wildman–Crippen MR) is 79.4 cm³/mol. The summed E-state index contributed by atoms with van der Waals surface area (Å²) in [6, 6.07) is 4.93. The van der Waals surface area contributed by atoms with Crippen LogP contribution in [0.2, 0.25) is 5.02 Å². The fourth-order valence-corrected chi connectivity index (χ4v) is 2.01. The van der Waals surface area contributed by atoms with Gasteiger partial charge in [-0.05, 0) is 40.8 Å². The molecule has 0 aliphatic rings. The Kier molecular flexibility index (Phi) is 4.07. The molecule has 1 aromatic carbocycles. The average molecular weight is 377 g/mol. The largest absolute Gasteiger partial charge is 0.399 e. The van der Waals surface area contributed by atoms with Crippen molar-refractivity contribution in [2.24, 2.45) is 0 Å². The lowest BCUT2D eigenvalue weighted by molar-refractivity contribution is -0.116. The van der Waals surface area contributed by atoms with E-state index in [0.29, 0.717) is 16.4 Å². The van der Waals surface area contributed by atoms with Gasteiger partial charge in [0, 0.05) is 11.9 Å². The highest BCUT2D eigenvalue weighted by molar-refractivity contribution is 14.1. The van der Waals surface area contributed by atoms with Crippen molar-refractivity contribution in [3.05, 3.63) is 39.2 Å². The number of nitrogen functional groups attached to an aromatic ring is 1. The fourth-order valence-electron chi connectivity index (χ4n) is 1.40. The molecule has 0 atom stereocenters. The quantitative estimate of drug-likeness (QED) is 0.638. The second kappa shape index (κ2) is 5.57. The zero-order valence-electron chi connectivity index (χ0n) is 9.23. The zero-order chi connectivity index (χ0) is 13.1. The summed E-state index contributed by atoms with van der Waals surface area (Å²) in [5.41, 5.74) is 6.68. The lowest BCUT2D eigenvalue weighted by Crippen LogP contribution is -2.19. The van der Waals surface area contributed by atoms with Crippen LogP contribution in [0.15, 0.2) is 30.6 Å². The SMILES string of the molecule is Nc1ccc(Cl)c(NC(=O)Cn2cc(I)cn2)c1. The predicted octanol–water partition coefficient (Wildman–Crippen LogP) is 2.36. The lowest BCUT2D eigenvalue weighted by atomic mass is 10.3. The first-order valence-corrected chi connectivity index (χ1v) is 6.53. The Hall–Kier alpha value is -1.28. The molecule has 1 amide bonds. The van der Waals surface area contributed by atoms with Crippen LogP contribution in [0, 0.1) is 3.57 Å². The molecule has 7 heteroatoms. The second-order valence-corrected chi connectivity index (χ2v) is 5.30. The summed E-state index contributed by atoms with van der Waals surface area (Å²) in [4.78, 5) is 11.8. The number of halogens is 2. The Morgan fingerprint density at radius 3 is 3.00 bits per heavy atom.